The Morgan fingerprint density at radius 3 is 2.87 bits per heavy atom. The number of halogens is 1. The lowest BCUT2D eigenvalue weighted by Crippen LogP contribution is -2.34. The normalized spacial score (nSPS) is 11.3. The summed E-state index contributed by atoms with van der Waals surface area (Å²) in [4.78, 5) is 11.5. The molecule has 0 radical (unpaired) electrons. The zero-order chi connectivity index (χ0) is 17.0. The van der Waals surface area contributed by atoms with Crippen molar-refractivity contribution in [2.24, 2.45) is 0 Å². The Morgan fingerprint density at radius 2 is 2.17 bits per heavy atom. The number of ether oxygens (including phenoxy) is 1. The number of nitrogens with one attached hydrogen (secondary N) is 1. The summed E-state index contributed by atoms with van der Waals surface area (Å²) in [5.41, 5.74) is 0.424. The van der Waals surface area contributed by atoms with E-state index >= 15 is 0 Å². The minimum absolute atomic E-state index is 0.338. The Kier molecular flexibility index (Phi) is 4.88. The van der Waals surface area contributed by atoms with Gasteiger partial charge in [-0.1, -0.05) is 12.1 Å². The molecule has 2 N–H and O–H groups in total. The van der Waals surface area contributed by atoms with Crippen LogP contribution in [0, 0.1) is 5.82 Å². The molecule has 1 aromatic heterocycles. The zero-order valence-electron chi connectivity index (χ0n) is 13.3. The number of para-hydroxylation sites is 1. The van der Waals surface area contributed by atoms with Crippen molar-refractivity contribution in [3.05, 3.63) is 36.4 Å². The summed E-state index contributed by atoms with van der Waals surface area (Å²) in [6.45, 7) is 6.13. The van der Waals surface area contributed by atoms with Gasteiger partial charge < -0.3 is 15.2 Å². The number of carbonyl (C=O) groups excluding carboxylic acids is 1. The first-order chi connectivity index (χ1) is 10.8. The third-order valence-electron chi connectivity index (χ3n) is 2.94. The fourth-order valence-electron chi connectivity index (χ4n) is 1.96. The molecule has 1 amide bonds. The molecule has 0 fully saturated rings. The van der Waals surface area contributed by atoms with E-state index in [9.17, 15) is 14.3 Å². The number of amides is 1. The van der Waals surface area contributed by atoms with Crippen LogP contribution in [0.2, 0.25) is 0 Å². The smallest absolute Gasteiger partial charge is 0.407 e. The Hall–Kier alpha value is -2.57. The topological polar surface area (TPSA) is 76.4 Å². The maximum atomic E-state index is 13.4. The van der Waals surface area contributed by atoms with E-state index in [1.807, 2.05) is 0 Å². The maximum absolute atomic E-state index is 13.4. The first kappa shape index (κ1) is 16.8. The van der Waals surface area contributed by atoms with E-state index < -0.39 is 23.3 Å². The number of alkyl carbamates (subject to hydrolysis) is 1. The van der Waals surface area contributed by atoms with Crippen molar-refractivity contribution < 1.29 is 19.0 Å². The highest BCUT2D eigenvalue weighted by atomic mass is 19.1. The molecule has 1 heterocycles. The lowest BCUT2D eigenvalue weighted by atomic mass is 10.1. The maximum Gasteiger partial charge on any atom is 0.407 e. The number of aromatic nitrogens is 2. The fourth-order valence-corrected chi connectivity index (χ4v) is 1.96. The molecule has 6 nitrogen and oxygen atoms in total. The molecule has 0 unspecified atom stereocenters. The van der Waals surface area contributed by atoms with E-state index in [-0.39, 0.29) is 0 Å². The third-order valence-corrected chi connectivity index (χ3v) is 2.94. The van der Waals surface area contributed by atoms with Crippen molar-refractivity contribution in [2.45, 2.75) is 32.9 Å². The zero-order valence-corrected chi connectivity index (χ0v) is 13.3. The van der Waals surface area contributed by atoms with Gasteiger partial charge in [-0.2, -0.15) is 5.10 Å². The van der Waals surface area contributed by atoms with Gasteiger partial charge >= 0.3 is 6.09 Å². The first-order valence-corrected chi connectivity index (χ1v) is 7.23. The predicted octanol–water partition coefficient (Wildman–Crippen LogP) is 2.92. The van der Waals surface area contributed by atoms with Gasteiger partial charge in [0.25, 0.3) is 0 Å². The Bertz CT molecular complexity index is 692. The van der Waals surface area contributed by atoms with Crippen LogP contribution in [0.1, 0.15) is 20.8 Å². The van der Waals surface area contributed by atoms with Crippen LogP contribution in [-0.2, 0) is 11.3 Å². The van der Waals surface area contributed by atoms with Crippen LogP contribution in [0.3, 0.4) is 0 Å². The first-order valence-electron chi connectivity index (χ1n) is 7.23. The van der Waals surface area contributed by atoms with Crippen LogP contribution in [0.4, 0.5) is 9.18 Å². The molecule has 0 spiro atoms. The lowest BCUT2D eigenvalue weighted by molar-refractivity contribution is 0.0525. The van der Waals surface area contributed by atoms with Gasteiger partial charge in [0.15, 0.2) is 11.6 Å². The summed E-state index contributed by atoms with van der Waals surface area (Å²) in [5.74, 6) is -1.08. The molecule has 0 atom stereocenters. The summed E-state index contributed by atoms with van der Waals surface area (Å²) < 4.78 is 20.1. The van der Waals surface area contributed by atoms with Gasteiger partial charge in [0, 0.05) is 23.9 Å². The van der Waals surface area contributed by atoms with Gasteiger partial charge in [0.1, 0.15) is 5.60 Å². The minimum Gasteiger partial charge on any atom is -0.504 e. The number of phenolic OH excluding ortho intramolecular Hbond substituents is 1. The third kappa shape index (κ3) is 4.70. The van der Waals surface area contributed by atoms with Crippen molar-refractivity contribution in [1.82, 2.24) is 15.1 Å². The molecular weight excluding hydrogens is 301 g/mol. The second kappa shape index (κ2) is 6.68. The lowest BCUT2D eigenvalue weighted by Gasteiger charge is -2.19. The standard InChI is InChI=1S/C16H20FN3O3/c1-16(2,3)23-15(22)18-7-8-20-10-11(9-19-20)12-5-4-6-13(17)14(12)21/h4-6,9-10,21H,7-8H2,1-3H3,(H,18,22). The molecule has 0 saturated heterocycles. The highest BCUT2D eigenvalue weighted by molar-refractivity contribution is 5.69. The number of carbonyl (C=O) groups is 1. The van der Waals surface area contributed by atoms with Gasteiger partial charge in [-0.3, -0.25) is 4.68 Å². The number of hydrogen-bond acceptors (Lipinski definition) is 4. The van der Waals surface area contributed by atoms with Gasteiger partial charge in [0.05, 0.1) is 12.7 Å². The second-order valence-corrected chi connectivity index (χ2v) is 6.06. The number of hydrogen-bond donors (Lipinski definition) is 2. The van der Waals surface area contributed by atoms with E-state index in [1.54, 1.807) is 37.7 Å². The molecular formula is C16H20FN3O3. The number of nitrogens with zero attached hydrogens (tertiary/aromatic N) is 2. The van der Waals surface area contributed by atoms with E-state index in [2.05, 4.69) is 10.4 Å². The van der Waals surface area contributed by atoms with Crippen LogP contribution in [0.25, 0.3) is 11.1 Å². The fraction of sp³-hybridized carbons (Fsp3) is 0.375. The predicted molar refractivity (Wildman–Crippen MR) is 83.5 cm³/mol. The highest BCUT2D eigenvalue weighted by Crippen LogP contribution is 2.30. The molecule has 7 heteroatoms. The van der Waals surface area contributed by atoms with E-state index in [0.717, 1.165) is 0 Å². The van der Waals surface area contributed by atoms with Crippen LogP contribution in [0.15, 0.2) is 30.6 Å². The Morgan fingerprint density at radius 1 is 1.43 bits per heavy atom. The molecule has 0 bridgehead atoms. The monoisotopic (exact) mass is 321 g/mol. The molecule has 0 aliphatic heterocycles. The molecule has 2 aromatic rings. The molecule has 2 rings (SSSR count). The van der Waals surface area contributed by atoms with Crippen LogP contribution < -0.4 is 5.32 Å². The van der Waals surface area contributed by atoms with Crippen molar-refractivity contribution in [3.8, 4) is 16.9 Å². The molecule has 0 aliphatic rings. The number of aromatic hydroxyl groups is 1. The second-order valence-electron chi connectivity index (χ2n) is 6.06. The van der Waals surface area contributed by atoms with Crippen molar-refractivity contribution >= 4 is 6.09 Å². The van der Waals surface area contributed by atoms with Crippen molar-refractivity contribution in [1.29, 1.82) is 0 Å². The summed E-state index contributed by atoms with van der Waals surface area (Å²) in [7, 11) is 0. The Labute approximate surface area is 133 Å². The van der Waals surface area contributed by atoms with Gasteiger partial charge in [-0.15, -0.1) is 0 Å². The summed E-state index contributed by atoms with van der Waals surface area (Å²) in [5, 5.41) is 16.5. The Balaban J connectivity index is 1.93. The van der Waals surface area contributed by atoms with E-state index in [0.29, 0.717) is 24.2 Å². The van der Waals surface area contributed by atoms with Crippen LogP contribution >= 0.6 is 0 Å². The van der Waals surface area contributed by atoms with Crippen LogP contribution in [-0.4, -0.2) is 33.1 Å². The average molecular weight is 321 g/mol. The van der Waals surface area contributed by atoms with E-state index in [4.69, 9.17) is 4.74 Å². The summed E-state index contributed by atoms with van der Waals surface area (Å²) >= 11 is 0. The van der Waals surface area contributed by atoms with Crippen molar-refractivity contribution in [3.63, 3.8) is 0 Å². The quantitative estimate of drug-likeness (QED) is 0.908. The SMILES string of the molecule is CC(C)(C)OC(=O)NCCn1cc(-c2cccc(F)c2O)cn1. The minimum atomic E-state index is -0.679. The number of rotatable bonds is 4. The van der Waals surface area contributed by atoms with E-state index in [1.165, 1.54) is 18.3 Å². The van der Waals surface area contributed by atoms with Gasteiger partial charge in [-0.05, 0) is 26.8 Å². The van der Waals surface area contributed by atoms with Crippen molar-refractivity contribution in [2.75, 3.05) is 6.54 Å². The van der Waals surface area contributed by atoms with Gasteiger partial charge in [-0.25, -0.2) is 9.18 Å². The summed E-state index contributed by atoms with van der Waals surface area (Å²) in [6.07, 6.45) is 2.71. The number of phenols is 1. The molecule has 0 saturated carbocycles. The molecule has 1 aromatic carbocycles. The molecule has 0 aliphatic carbocycles. The molecule has 124 valence electrons. The van der Waals surface area contributed by atoms with Crippen LogP contribution in [0.5, 0.6) is 5.75 Å². The largest absolute Gasteiger partial charge is 0.504 e. The summed E-state index contributed by atoms with van der Waals surface area (Å²) in [6, 6.07) is 4.32. The number of benzene rings is 1. The van der Waals surface area contributed by atoms with Gasteiger partial charge in [0.2, 0.25) is 0 Å². The molecule has 23 heavy (non-hydrogen) atoms. The average Bonchev–Trinajstić information content (AvgIpc) is 2.88. The highest BCUT2D eigenvalue weighted by Gasteiger charge is 2.15.